The second-order valence-electron chi connectivity index (χ2n) is 4.23. The third-order valence-corrected chi connectivity index (χ3v) is 2.87. The molecule has 0 fully saturated rings. The normalized spacial score (nSPS) is 10.2. The van der Waals surface area contributed by atoms with Crippen LogP contribution in [0.2, 0.25) is 0 Å². The minimum atomic E-state index is -0.422. The Hall–Kier alpha value is -1.78. The average Bonchev–Trinajstić information content (AvgIpc) is 2.64. The summed E-state index contributed by atoms with van der Waals surface area (Å²) in [4.78, 5) is 26.4. The van der Waals surface area contributed by atoms with E-state index in [4.69, 9.17) is 4.74 Å². The van der Waals surface area contributed by atoms with Gasteiger partial charge < -0.3 is 15.0 Å². The molecular formula is C13H20N2O3. The number of carbonyl (C=O) groups excluding carboxylic acids is 2. The summed E-state index contributed by atoms with van der Waals surface area (Å²) in [6, 6.07) is 0. The van der Waals surface area contributed by atoms with Crippen LogP contribution in [0.4, 0.5) is 0 Å². The Balaban J connectivity index is 2.91. The summed E-state index contributed by atoms with van der Waals surface area (Å²) < 4.78 is 4.70. The molecule has 1 aromatic heterocycles. The molecule has 100 valence electrons. The number of methoxy groups -OCH3 is 1. The smallest absolute Gasteiger partial charge is 0.339 e. The Morgan fingerprint density at radius 2 is 2.00 bits per heavy atom. The van der Waals surface area contributed by atoms with Crippen molar-refractivity contribution in [2.45, 2.75) is 33.6 Å². The number of aryl methyl sites for hydroxylation is 1. The van der Waals surface area contributed by atoms with E-state index < -0.39 is 5.97 Å². The van der Waals surface area contributed by atoms with Crippen LogP contribution in [-0.2, 0) is 4.74 Å². The van der Waals surface area contributed by atoms with Crippen LogP contribution in [0.15, 0.2) is 0 Å². The molecule has 18 heavy (non-hydrogen) atoms. The van der Waals surface area contributed by atoms with Gasteiger partial charge in [-0.05, 0) is 25.8 Å². The number of rotatable bonds is 5. The van der Waals surface area contributed by atoms with Crippen molar-refractivity contribution in [3.63, 3.8) is 0 Å². The molecule has 0 aliphatic rings. The van der Waals surface area contributed by atoms with Crippen molar-refractivity contribution in [1.82, 2.24) is 10.3 Å². The molecule has 5 nitrogen and oxygen atoms in total. The molecule has 0 saturated carbocycles. The Kier molecular flexibility index (Phi) is 4.95. The number of amides is 1. The highest BCUT2D eigenvalue weighted by Gasteiger charge is 2.21. The van der Waals surface area contributed by atoms with E-state index in [-0.39, 0.29) is 5.91 Å². The maximum atomic E-state index is 11.9. The zero-order chi connectivity index (χ0) is 13.7. The van der Waals surface area contributed by atoms with Crippen LogP contribution in [0.25, 0.3) is 0 Å². The van der Waals surface area contributed by atoms with Crippen LogP contribution in [0, 0.1) is 13.8 Å². The maximum absolute atomic E-state index is 11.9. The van der Waals surface area contributed by atoms with Gasteiger partial charge in [0.15, 0.2) is 0 Å². The van der Waals surface area contributed by atoms with Gasteiger partial charge in [-0.25, -0.2) is 4.79 Å². The predicted octanol–water partition coefficient (Wildman–Crippen LogP) is 1.95. The Morgan fingerprint density at radius 3 is 2.56 bits per heavy atom. The summed E-state index contributed by atoms with van der Waals surface area (Å²) in [6.45, 7) is 6.19. The van der Waals surface area contributed by atoms with Crippen molar-refractivity contribution in [2.75, 3.05) is 13.7 Å². The van der Waals surface area contributed by atoms with Crippen LogP contribution in [0.3, 0.4) is 0 Å². The third-order valence-electron chi connectivity index (χ3n) is 2.87. The zero-order valence-electron chi connectivity index (χ0n) is 11.3. The standard InChI is InChI=1S/C13H20N2O3/c1-5-6-7-14-12(16)11-8(2)10(9(3)15-11)13(17)18-4/h15H,5-7H2,1-4H3,(H,14,16). The van der Waals surface area contributed by atoms with Crippen molar-refractivity contribution < 1.29 is 14.3 Å². The molecule has 0 bridgehead atoms. The molecule has 1 heterocycles. The van der Waals surface area contributed by atoms with Gasteiger partial charge in [0.1, 0.15) is 5.69 Å². The molecule has 1 amide bonds. The quantitative estimate of drug-likeness (QED) is 0.621. The molecule has 0 atom stereocenters. The first-order valence-electron chi connectivity index (χ1n) is 6.08. The van der Waals surface area contributed by atoms with E-state index in [2.05, 4.69) is 17.2 Å². The first kappa shape index (κ1) is 14.3. The highest BCUT2D eigenvalue weighted by Crippen LogP contribution is 2.18. The molecule has 0 aromatic carbocycles. The number of hydrogen-bond acceptors (Lipinski definition) is 3. The molecule has 1 aromatic rings. The van der Waals surface area contributed by atoms with Gasteiger partial charge >= 0.3 is 5.97 Å². The Bertz CT molecular complexity index is 449. The summed E-state index contributed by atoms with van der Waals surface area (Å²) >= 11 is 0. The average molecular weight is 252 g/mol. The number of hydrogen-bond donors (Lipinski definition) is 2. The first-order valence-corrected chi connectivity index (χ1v) is 6.08. The number of aromatic nitrogens is 1. The topological polar surface area (TPSA) is 71.2 Å². The number of unbranched alkanes of at least 4 members (excludes halogenated alkanes) is 1. The molecule has 0 spiro atoms. The molecule has 0 radical (unpaired) electrons. The molecule has 0 saturated heterocycles. The summed E-state index contributed by atoms with van der Waals surface area (Å²) in [5.74, 6) is -0.604. The number of H-pyrrole nitrogens is 1. The maximum Gasteiger partial charge on any atom is 0.339 e. The number of carbonyl (C=O) groups is 2. The first-order chi connectivity index (χ1) is 8.52. The van der Waals surface area contributed by atoms with E-state index in [1.807, 2.05) is 0 Å². The minimum absolute atomic E-state index is 0.181. The van der Waals surface area contributed by atoms with Crippen LogP contribution >= 0.6 is 0 Å². The van der Waals surface area contributed by atoms with E-state index in [0.29, 0.717) is 29.1 Å². The summed E-state index contributed by atoms with van der Waals surface area (Å²) in [6.07, 6.45) is 1.96. The van der Waals surface area contributed by atoms with Gasteiger partial charge in [0, 0.05) is 12.2 Å². The lowest BCUT2D eigenvalue weighted by atomic mass is 10.1. The van der Waals surface area contributed by atoms with E-state index in [1.165, 1.54) is 7.11 Å². The molecule has 1 rings (SSSR count). The monoisotopic (exact) mass is 252 g/mol. The van der Waals surface area contributed by atoms with Crippen LogP contribution < -0.4 is 5.32 Å². The van der Waals surface area contributed by atoms with E-state index in [1.54, 1.807) is 13.8 Å². The number of esters is 1. The van der Waals surface area contributed by atoms with Crippen molar-refractivity contribution in [3.05, 3.63) is 22.5 Å². The highest BCUT2D eigenvalue weighted by molar-refractivity contribution is 6.00. The van der Waals surface area contributed by atoms with Crippen LogP contribution in [0.1, 0.15) is 51.9 Å². The summed E-state index contributed by atoms with van der Waals surface area (Å²) in [5.41, 5.74) is 2.16. The molecular weight excluding hydrogens is 232 g/mol. The van der Waals surface area contributed by atoms with Crippen molar-refractivity contribution in [2.24, 2.45) is 0 Å². The van der Waals surface area contributed by atoms with Gasteiger partial charge in [-0.3, -0.25) is 4.79 Å². The van der Waals surface area contributed by atoms with Crippen LogP contribution in [0.5, 0.6) is 0 Å². The fourth-order valence-electron chi connectivity index (χ4n) is 1.85. The molecule has 2 N–H and O–H groups in total. The van der Waals surface area contributed by atoms with Gasteiger partial charge in [-0.15, -0.1) is 0 Å². The van der Waals surface area contributed by atoms with Gasteiger partial charge in [0.05, 0.1) is 12.7 Å². The zero-order valence-corrected chi connectivity index (χ0v) is 11.3. The second-order valence-corrected chi connectivity index (χ2v) is 4.23. The fourth-order valence-corrected chi connectivity index (χ4v) is 1.85. The number of nitrogens with one attached hydrogen (secondary N) is 2. The molecule has 5 heteroatoms. The van der Waals surface area contributed by atoms with E-state index in [9.17, 15) is 9.59 Å². The fraction of sp³-hybridized carbons (Fsp3) is 0.538. The third kappa shape index (κ3) is 2.91. The lowest BCUT2D eigenvalue weighted by Gasteiger charge is -2.03. The Labute approximate surface area is 107 Å². The minimum Gasteiger partial charge on any atom is -0.465 e. The van der Waals surface area contributed by atoms with Crippen molar-refractivity contribution >= 4 is 11.9 Å². The SMILES string of the molecule is CCCCNC(=O)c1[nH]c(C)c(C(=O)OC)c1C. The highest BCUT2D eigenvalue weighted by atomic mass is 16.5. The lowest BCUT2D eigenvalue weighted by Crippen LogP contribution is -2.25. The van der Waals surface area contributed by atoms with E-state index in [0.717, 1.165) is 12.8 Å². The molecule has 0 aliphatic heterocycles. The van der Waals surface area contributed by atoms with Crippen LogP contribution in [-0.4, -0.2) is 30.5 Å². The number of aromatic amines is 1. The predicted molar refractivity (Wildman–Crippen MR) is 68.8 cm³/mol. The second kappa shape index (κ2) is 6.23. The molecule has 0 unspecified atom stereocenters. The van der Waals surface area contributed by atoms with Gasteiger partial charge in [-0.2, -0.15) is 0 Å². The largest absolute Gasteiger partial charge is 0.465 e. The van der Waals surface area contributed by atoms with Gasteiger partial charge in [-0.1, -0.05) is 13.3 Å². The Morgan fingerprint density at radius 1 is 1.33 bits per heavy atom. The van der Waals surface area contributed by atoms with Gasteiger partial charge in [0.2, 0.25) is 0 Å². The summed E-state index contributed by atoms with van der Waals surface area (Å²) in [7, 11) is 1.33. The lowest BCUT2D eigenvalue weighted by molar-refractivity contribution is 0.0599. The molecule has 0 aliphatic carbocycles. The van der Waals surface area contributed by atoms with Gasteiger partial charge in [0.25, 0.3) is 5.91 Å². The number of ether oxygens (including phenoxy) is 1. The van der Waals surface area contributed by atoms with Crippen molar-refractivity contribution in [3.8, 4) is 0 Å². The summed E-state index contributed by atoms with van der Waals surface area (Å²) in [5, 5.41) is 2.82. The van der Waals surface area contributed by atoms with E-state index >= 15 is 0 Å². The van der Waals surface area contributed by atoms with Crippen molar-refractivity contribution in [1.29, 1.82) is 0 Å².